The molecule has 0 spiro atoms. The fourth-order valence-electron chi connectivity index (χ4n) is 1.97. The molecular formula is C11H11ClF3N. The van der Waals surface area contributed by atoms with Gasteiger partial charge in [0.2, 0.25) is 0 Å². The average Bonchev–Trinajstić information content (AvgIpc) is 2.74. The van der Waals surface area contributed by atoms with Gasteiger partial charge in [-0.05, 0) is 25.8 Å². The molecule has 1 heterocycles. The number of nitrogens with one attached hydrogen (secondary N) is 1. The summed E-state index contributed by atoms with van der Waals surface area (Å²) in [5.41, 5.74) is -0.134. The van der Waals surface area contributed by atoms with E-state index < -0.39 is 22.5 Å². The van der Waals surface area contributed by atoms with Crippen LogP contribution >= 0.6 is 11.6 Å². The molecule has 1 aromatic carbocycles. The molecule has 0 saturated carbocycles. The van der Waals surface area contributed by atoms with E-state index in [1.807, 2.05) is 0 Å². The van der Waals surface area contributed by atoms with Crippen molar-refractivity contribution in [3.63, 3.8) is 0 Å². The average molecular weight is 250 g/mol. The lowest BCUT2D eigenvalue weighted by molar-refractivity contribution is 0.501. The van der Waals surface area contributed by atoms with Gasteiger partial charge in [-0.2, -0.15) is 0 Å². The Morgan fingerprint density at radius 1 is 1.31 bits per heavy atom. The monoisotopic (exact) mass is 249 g/mol. The van der Waals surface area contributed by atoms with Crippen molar-refractivity contribution in [2.24, 2.45) is 0 Å². The van der Waals surface area contributed by atoms with Crippen molar-refractivity contribution >= 4 is 11.6 Å². The Balaban J connectivity index is 2.28. The van der Waals surface area contributed by atoms with Gasteiger partial charge < -0.3 is 5.32 Å². The second-order valence-electron chi connectivity index (χ2n) is 3.94. The molecule has 1 aliphatic rings. The highest BCUT2D eigenvalue weighted by Gasteiger charge is 2.22. The minimum atomic E-state index is -1.06. The van der Waals surface area contributed by atoms with E-state index in [1.165, 1.54) is 0 Å². The maximum Gasteiger partial charge on any atom is 0.150 e. The molecule has 0 aromatic heterocycles. The predicted molar refractivity (Wildman–Crippen MR) is 56.1 cm³/mol. The predicted octanol–water partition coefficient (Wildman–Crippen LogP) is 3.05. The zero-order valence-electron chi connectivity index (χ0n) is 8.49. The lowest BCUT2D eigenvalue weighted by atomic mass is 10.0. The van der Waals surface area contributed by atoms with E-state index in [1.54, 1.807) is 0 Å². The van der Waals surface area contributed by atoms with Gasteiger partial charge in [-0.3, -0.25) is 0 Å². The largest absolute Gasteiger partial charge is 0.314 e. The highest BCUT2D eigenvalue weighted by Crippen LogP contribution is 2.26. The second-order valence-corrected chi connectivity index (χ2v) is 4.32. The van der Waals surface area contributed by atoms with Gasteiger partial charge in [-0.1, -0.05) is 11.6 Å². The Labute approximate surface area is 96.6 Å². The van der Waals surface area contributed by atoms with Gasteiger partial charge in [0.05, 0.1) is 0 Å². The maximum absolute atomic E-state index is 13.5. The summed E-state index contributed by atoms with van der Waals surface area (Å²) in [7, 11) is 0. The smallest absolute Gasteiger partial charge is 0.150 e. The summed E-state index contributed by atoms with van der Waals surface area (Å²) in [4.78, 5) is 0. The van der Waals surface area contributed by atoms with Crippen LogP contribution in [0.3, 0.4) is 0 Å². The van der Waals surface area contributed by atoms with Gasteiger partial charge in [0, 0.05) is 17.7 Å². The molecule has 1 fully saturated rings. The van der Waals surface area contributed by atoms with Crippen molar-refractivity contribution < 1.29 is 13.2 Å². The first-order valence-electron chi connectivity index (χ1n) is 5.15. The molecule has 2 rings (SSSR count). The van der Waals surface area contributed by atoms with Crippen LogP contribution in [0.15, 0.2) is 6.07 Å². The van der Waals surface area contributed by atoms with Crippen LogP contribution in [0.25, 0.3) is 0 Å². The molecule has 1 atom stereocenters. The summed E-state index contributed by atoms with van der Waals surface area (Å²) in [6.45, 7) is 0.850. The first-order chi connectivity index (χ1) is 7.59. The highest BCUT2D eigenvalue weighted by atomic mass is 35.5. The van der Waals surface area contributed by atoms with Gasteiger partial charge in [0.25, 0.3) is 0 Å². The third-order valence-electron chi connectivity index (χ3n) is 2.82. The number of hydrogen-bond acceptors (Lipinski definition) is 1. The first-order valence-corrected chi connectivity index (χ1v) is 5.52. The van der Waals surface area contributed by atoms with E-state index in [4.69, 9.17) is 11.6 Å². The van der Waals surface area contributed by atoms with Crippen molar-refractivity contribution in [3.8, 4) is 0 Å². The fraction of sp³-hybridized carbons (Fsp3) is 0.455. The SMILES string of the molecule is Fc1cc(F)c(CC2CCCN2)c(F)c1Cl. The molecule has 1 aliphatic heterocycles. The highest BCUT2D eigenvalue weighted by molar-refractivity contribution is 6.30. The van der Waals surface area contributed by atoms with Gasteiger partial charge in [-0.15, -0.1) is 0 Å². The van der Waals surface area contributed by atoms with E-state index in [2.05, 4.69) is 5.32 Å². The lowest BCUT2D eigenvalue weighted by Crippen LogP contribution is -2.24. The summed E-state index contributed by atoms with van der Waals surface area (Å²) in [6, 6.07) is 0.681. The topological polar surface area (TPSA) is 12.0 Å². The van der Waals surface area contributed by atoms with E-state index in [-0.39, 0.29) is 18.0 Å². The van der Waals surface area contributed by atoms with Crippen LogP contribution in [-0.4, -0.2) is 12.6 Å². The van der Waals surface area contributed by atoms with E-state index in [0.717, 1.165) is 19.4 Å². The number of halogens is 4. The molecule has 0 amide bonds. The standard InChI is InChI=1S/C11H11ClF3N/c12-10-9(14)5-8(13)7(11(10)15)4-6-2-1-3-16-6/h5-6,16H,1-4H2. The summed E-state index contributed by atoms with van der Waals surface area (Å²) in [5, 5.41) is 2.49. The number of benzene rings is 1. The van der Waals surface area contributed by atoms with Crippen LogP contribution in [0.2, 0.25) is 5.02 Å². The number of hydrogen-bond donors (Lipinski definition) is 1. The molecule has 5 heteroatoms. The lowest BCUT2D eigenvalue weighted by Gasteiger charge is -2.12. The molecule has 88 valence electrons. The molecule has 0 radical (unpaired) electrons. The molecule has 1 N–H and O–H groups in total. The van der Waals surface area contributed by atoms with Crippen LogP contribution in [0.1, 0.15) is 18.4 Å². The molecular weight excluding hydrogens is 239 g/mol. The summed E-state index contributed by atoms with van der Waals surface area (Å²) < 4.78 is 39.8. The van der Waals surface area contributed by atoms with E-state index in [0.29, 0.717) is 6.07 Å². The van der Waals surface area contributed by atoms with Crippen molar-refractivity contribution in [2.45, 2.75) is 25.3 Å². The molecule has 0 aliphatic carbocycles. The molecule has 16 heavy (non-hydrogen) atoms. The molecule has 1 saturated heterocycles. The van der Waals surface area contributed by atoms with Crippen molar-refractivity contribution in [2.75, 3.05) is 6.54 Å². The zero-order valence-corrected chi connectivity index (χ0v) is 9.25. The van der Waals surface area contributed by atoms with Crippen LogP contribution in [0.4, 0.5) is 13.2 Å². The summed E-state index contributed by atoms with van der Waals surface area (Å²) >= 11 is 5.40. The van der Waals surface area contributed by atoms with Crippen molar-refractivity contribution in [1.82, 2.24) is 5.32 Å². The van der Waals surface area contributed by atoms with Crippen LogP contribution in [0.5, 0.6) is 0 Å². The van der Waals surface area contributed by atoms with Gasteiger partial charge in [0.1, 0.15) is 16.7 Å². The Kier molecular flexibility index (Phi) is 3.40. The minimum absolute atomic E-state index is 0.0468. The van der Waals surface area contributed by atoms with Gasteiger partial charge >= 0.3 is 0 Å². The van der Waals surface area contributed by atoms with E-state index in [9.17, 15) is 13.2 Å². The normalized spacial score (nSPS) is 20.4. The zero-order chi connectivity index (χ0) is 11.7. The number of rotatable bonds is 2. The Bertz CT molecular complexity index is 403. The quantitative estimate of drug-likeness (QED) is 0.628. The second kappa shape index (κ2) is 4.63. The maximum atomic E-state index is 13.5. The first kappa shape index (κ1) is 11.7. The molecule has 0 bridgehead atoms. The third-order valence-corrected chi connectivity index (χ3v) is 3.17. The summed E-state index contributed by atoms with van der Waals surface area (Å²) in [6.07, 6.45) is 2.06. The Morgan fingerprint density at radius 2 is 2.06 bits per heavy atom. The Hall–Kier alpha value is -0.740. The van der Waals surface area contributed by atoms with Crippen LogP contribution in [0, 0.1) is 17.5 Å². The summed E-state index contributed by atoms with van der Waals surface area (Å²) in [5.74, 6) is -2.90. The van der Waals surface area contributed by atoms with E-state index >= 15 is 0 Å². The van der Waals surface area contributed by atoms with Crippen LogP contribution in [-0.2, 0) is 6.42 Å². The molecule has 1 unspecified atom stereocenters. The van der Waals surface area contributed by atoms with Gasteiger partial charge in [0.15, 0.2) is 5.82 Å². The van der Waals surface area contributed by atoms with Crippen molar-refractivity contribution in [1.29, 1.82) is 0 Å². The molecule has 1 nitrogen and oxygen atoms in total. The van der Waals surface area contributed by atoms with Crippen molar-refractivity contribution in [3.05, 3.63) is 34.1 Å². The van der Waals surface area contributed by atoms with Gasteiger partial charge in [-0.25, -0.2) is 13.2 Å². The third kappa shape index (κ3) is 2.18. The van der Waals surface area contributed by atoms with Crippen LogP contribution < -0.4 is 5.32 Å². The minimum Gasteiger partial charge on any atom is -0.314 e. The Morgan fingerprint density at radius 3 is 2.69 bits per heavy atom. The fourth-order valence-corrected chi connectivity index (χ4v) is 2.14. The molecule has 1 aromatic rings.